The first-order valence-corrected chi connectivity index (χ1v) is 7.13. The van der Waals surface area contributed by atoms with Crippen LogP contribution in [0.15, 0.2) is 57.1 Å². The van der Waals surface area contributed by atoms with E-state index in [0.29, 0.717) is 5.76 Å². The first kappa shape index (κ1) is 14.4. The number of carbonyl (C=O) groups excluding carboxylic acids is 1. The SMILES string of the molecule is Cc1ccc(S[C@@H](C)C(=O)N/N=C\c2ccco2)cc1. The van der Waals surface area contributed by atoms with Crippen LogP contribution in [0.2, 0.25) is 0 Å². The van der Waals surface area contributed by atoms with Crippen LogP contribution in [0.4, 0.5) is 0 Å². The maximum Gasteiger partial charge on any atom is 0.253 e. The third kappa shape index (κ3) is 4.28. The van der Waals surface area contributed by atoms with Crippen molar-refractivity contribution in [3.8, 4) is 0 Å². The van der Waals surface area contributed by atoms with Crippen molar-refractivity contribution in [2.75, 3.05) is 0 Å². The van der Waals surface area contributed by atoms with Crippen LogP contribution >= 0.6 is 11.8 Å². The van der Waals surface area contributed by atoms with E-state index in [1.807, 2.05) is 38.1 Å². The van der Waals surface area contributed by atoms with Gasteiger partial charge in [-0.05, 0) is 38.1 Å². The van der Waals surface area contributed by atoms with Crippen molar-refractivity contribution in [3.63, 3.8) is 0 Å². The number of carbonyl (C=O) groups is 1. The van der Waals surface area contributed by atoms with Crippen LogP contribution in [0.1, 0.15) is 18.2 Å². The molecule has 0 aliphatic carbocycles. The number of aryl methyl sites for hydroxylation is 1. The Labute approximate surface area is 122 Å². The number of hydrazone groups is 1. The maximum absolute atomic E-state index is 11.9. The highest BCUT2D eigenvalue weighted by Crippen LogP contribution is 2.23. The van der Waals surface area contributed by atoms with Gasteiger partial charge in [0, 0.05) is 4.90 Å². The third-order valence-electron chi connectivity index (χ3n) is 2.61. The van der Waals surface area contributed by atoms with Crippen LogP contribution in [0.25, 0.3) is 0 Å². The smallest absolute Gasteiger partial charge is 0.253 e. The molecule has 1 amide bonds. The second-order valence-electron chi connectivity index (χ2n) is 4.32. The van der Waals surface area contributed by atoms with Gasteiger partial charge in [0.2, 0.25) is 0 Å². The predicted octanol–water partition coefficient (Wildman–Crippen LogP) is 3.22. The highest BCUT2D eigenvalue weighted by Gasteiger charge is 2.13. The molecule has 4 nitrogen and oxygen atoms in total. The largest absolute Gasteiger partial charge is 0.463 e. The molecule has 1 heterocycles. The van der Waals surface area contributed by atoms with E-state index in [0.717, 1.165) is 4.90 Å². The zero-order valence-electron chi connectivity index (χ0n) is 11.4. The predicted molar refractivity (Wildman–Crippen MR) is 80.9 cm³/mol. The van der Waals surface area contributed by atoms with Crippen molar-refractivity contribution in [2.45, 2.75) is 24.0 Å². The number of thioether (sulfide) groups is 1. The maximum atomic E-state index is 11.9. The molecule has 1 N–H and O–H groups in total. The molecule has 0 fully saturated rings. The van der Waals surface area contributed by atoms with Gasteiger partial charge in [-0.15, -0.1) is 11.8 Å². The number of benzene rings is 1. The first-order valence-electron chi connectivity index (χ1n) is 6.25. The lowest BCUT2D eigenvalue weighted by molar-refractivity contribution is -0.120. The van der Waals surface area contributed by atoms with Crippen LogP contribution in [0.5, 0.6) is 0 Å². The molecule has 0 unspecified atom stereocenters. The number of hydrogen-bond donors (Lipinski definition) is 1. The lowest BCUT2D eigenvalue weighted by atomic mass is 10.2. The van der Waals surface area contributed by atoms with Crippen LogP contribution in [0, 0.1) is 6.92 Å². The molecule has 0 saturated carbocycles. The van der Waals surface area contributed by atoms with Crippen molar-refractivity contribution < 1.29 is 9.21 Å². The molecule has 2 rings (SSSR count). The van der Waals surface area contributed by atoms with Crippen molar-refractivity contribution >= 4 is 23.9 Å². The average molecular weight is 288 g/mol. The number of furan rings is 1. The fourth-order valence-corrected chi connectivity index (χ4v) is 2.35. The molecule has 0 aliphatic rings. The summed E-state index contributed by atoms with van der Waals surface area (Å²) in [5.41, 5.74) is 3.71. The Morgan fingerprint density at radius 2 is 2.10 bits per heavy atom. The molecule has 5 heteroatoms. The highest BCUT2D eigenvalue weighted by atomic mass is 32.2. The lowest BCUT2D eigenvalue weighted by Crippen LogP contribution is -2.26. The number of hydrogen-bond acceptors (Lipinski definition) is 4. The minimum Gasteiger partial charge on any atom is -0.463 e. The summed E-state index contributed by atoms with van der Waals surface area (Å²) in [5, 5.41) is 3.64. The Morgan fingerprint density at radius 3 is 2.75 bits per heavy atom. The fraction of sp³-hybridized carbons (Fsp3) is 0.200. The summed E-state index contributed by atoms with van der Waals surface area (Å²) in [7, 11) is 0. The standard InChI is InChI=1S/C15H16N2O2S/c1-11-5-7-14(8-6-11)20-12(2)15(18)17-16-10-13-4-3-9-19-13/h3-10,12H,1-2H3,(H,17,18)/b16-10-/t12-/m0/s1. The Morgan fingerprint density at radius 1 is 1.35 bits per heavy atom. The Hall–Kier alpha value is -2.01. The Bertz CT molecular complexity index is 576. The summed E-state index contributed by atoms with van der Waals surface area (Å²) in [6.45, 7) is 3.89. The van der Waals surface area contributed by atoms with Crippen molar-refractivity contribution in [1.82, 2.24) is 5.43 Å². The van der Waals surface area contributed by atoms with E-state index in [9.17, 15) is 4.79 Å². The van der Waals surface area contributed by atoms with E-state index < -0.39 is 0 Å². The monoisotopic (exact) mass is 288 g/mol. The van der Waals surface area contributed by atoms with Crippen LogP contribution in [0.3, 0.4) is 0 Å². The minimum absolute atomic E-state index is 0.140. The van der Waals surface area contributed by atoms with E-state index in [-0.39, 0.29) is 11.2 Å². The van der Waals surface area contributed by atoms with E-state index in [4.69, 9.17) is 4.42 Å². The summed E-state index contributed by atoms with van der Waals surface area (Å²) < 4.78 is 5.08. The molecule has 1 aromatic carbocycles. The summed E-state index contributed by atoms with van der Waals surface area (Å²) >= 11 is 1.50. The molecule has 0 bridgehead atoms. The molecule has 0 saturated heterocycles. The second kappa shape index (κ2) is 6.96. The molecular formula is C15H16N2O2S. The van der Waals surface area contributed by atoms with Crippen LogP contribution in [-0.2, 0) is 4.79 Å². The normalized spacial score (nSPS) is 12.5. The number of rotatable bonds is 5. The van der Waals surface area contributed by atoms with Gasteiger partial charge in [0.05, 0.1) is 17.7 Å². The summed E-state index contributed by atoms with van der Waals surface area (Å²) in [6.07, 6.45) is 3.03. The lowest BCUT2D eigenvalue weighted by Gasteiger charge is -2.09. The van der Waals surface area contributed by atoms with Gasteiger partial charge in [-0.25, -0.2) is 5.43 Å². The Kier molecular flexibility index (Phi) is 5.01. The van der Waals surface area contributed by atoms with E-state index in [2.05, 4.69) is 10.5 Å². The van der Waals surface area contributed by atoms with Gasteiger partial charge in [-0.2, -0.15) is 5.10 Å². The van der Waals surface area contributed by atoms with E-state index >= 15 is 0 Å². The summed E-state index contributed by atoms with van der Waals surface area (Å²) in [5.74, 6) is 0.461. The molecule has 0 spiro atoms. The molecule has 104 valence electrons. The van der Waals surface area contributed by atoms with E-state index in [1.54, 1.807) is 18.4 Å². The van der Waals surface area contributed by atoms with Crippen molar-refractivity contribution in [1.29, 1.82) is 0 Å². The number of nitrogens with one attached hydrogen (secondary N) is 1. The number of nitrogens with zero attached hydrogens (tertiary/aromatic N) is 1. The average Bonchev–Trinajstić information content (AvgIpc) is 2.94. The Balaban J connectivity index is 1.84. The molecule has 20 heavy (non-hydrogen) atoms. The van der Waals surface area contributed by atoms with E-state index in [1.165, 1.54) is 23.5 Å². The molecule has 0 aliphatic heterocycles. The quantitative estimate of drug-likeness (QED) is 0.522. The van der Waals surface area contributed by atoms with Gasteiger partial charge in [0.1, 0.15) is 5.76 Å². The van der Waals surface area contributed by atoms with Crippen molar-refractivity contribution in [3.05, 3.63) is 54.0 Å². The zero-order valence-corrected chi connectivity index (χ0v) is 12.2. The van der Waals surface area contributed by atoms with Gasteiger partial charge >= 0.3 is 0 Å². The highest BCUT2D eigenvalue weighted by molar-refractivity contribution is 8.00. The van der Waals surface area contributed by atoms with Gasteiger partial charge < -0.3 is 4.42 Å². The van der Waals surface area contributed by atoms with Crippen molar-refractivity contribution in [2.24, 2.45) is 5.10 Å². The van der Waals surface area contributed by atoms with Crippen LogP contribution in [-0.4, -0.2) is 17.4 Å². The molecule has 1 aromatic heterocycles. The number of amides is 1. The third-order valence-corrected chi connectivity index (χ3v) is 3.72. The topological polar surface area (TPSA) is 54.6 Å². The zero-order chi connectivity index (χ0) is 14.4. The summed E-state index contributed by atoms with van der Waals surface area (Å²) in [6, 6.07) is 11.6. The molecule has 0 radical (unpaired) electrons. The second-order valence-corrected chi connectivity index (χ2v) is 5.74. The van der Waals surface area contributed by atoms with Gasteiger partial charge in [-0.1, -0.05) is 17.7 Å². The minimum atomic E-state index is -0.216. The molecular weight excluding hydrogens is 272 g/mol. The van der Waals surface area contributed by atoms with Gasteiger partial charge in [-0.3, -0.25) is 4.79 Å². The molecule has 1 atom stereocenters. The summed E-state index contributed by atoms with van der Waals surface area (Å²) in [4.78, 5) is 12.9. The fourth-order valence-electron chi connectivity index (χ4n) is 1.49. The first-order chi connectivity index (χ1) is 9.65. The van der Waals surface area contributed by atoms with Crippen LogP contribution < -0.4 is 5.43 Å². The van der Waals surface area contributed by atoms with Gasteiger partial charge in [0.25, 0.3) is 5.91 Å². The molecule has 2 aromatic rings. The van der Waals surface area contributed by atoms with Gasteiger partial charge in [0.15, 0.2) is 0 Å².